The van der Waals surface area contributed by atoms with E-state index < -0.39 is 0 Å². The number of rotatable bonds is 3. The van der Waals surface area contributed by atoms with Gasteiger partial charge in [-0.05, 0) is 35.9 Å². The van der Waals surface area contributed by atoms with Gasteiger partial charge >= 0.3 is 0 Å². The lowest BCUT2D eigenvalue weighted by Crippen LogP contribution is -1.91. The molecule has 3 aromatic rings. The van der Waals surface area contributed by atoms with Crippen LogP contribution in [0, 0.1) is 0 Å². The smallest absolute Gasteiger partial charge is 0.231 e. The quantitative estimate of drug-likeness (QED) is 0.734. The maximum absolute atomic E-state index is 5.99. The Balaban J connectivity index is 1.84. The summed E-state index contributed by atoms with van der Waals surface area (Å²) in [6.45, 7) is 0. The van der Waals surface area contributed by atoms with E-state index in [1.54, 1.807) is 18.2 Å². The highest BCUT2D eigenvalue weighted by atomic mass is 35.5. The van der Waals surface area contributed by atoms with Crippen molar-refractivity contribution in [1.82, 2.24) is 10.1 Å². The Kier molecular flexibility index (Phi) is 3.82. The maximum Gasteiger partial charge on any atom is 0.231 e. The van der Waals surface area contributed by atoms with Crippen LogP contribution >= 0.6 is 23.2 Å². The Bertz CT molecular complexity index is 786. The molecule has 0 saturated heterocycles. The number of nitrogens with two attached hydrogens (primary N) is 1. The van der Waals surface area contributed by atoms with Crippen molar-refractivity contribution < 1.29 is 4.52 Å². The fraction of sp³-hybridized carbons (Fsp3) is 0.0667. The molecule has 6 heteroatoms. The summed E-state index contributed by atoms with van der Waals surface area (Å²) < 4.78 is 5.25. The number of nitrogens with zero attached hydrogens (tertiary/aromatic N) is 2. The largest absolute Gasteiger partial charge is 0.399 e. The number of aromatic nitrogens is 2. The summed E-state index contributed by atoms with van der Waals surface area (Å²) in [5, 5.41) is 4.90. The van der Waals surface area contributed by atoms with Crippen LogP contribution in [0.15, 0.2) is 47.0 Å². The van der Waals surface area contributed by atoms with Crippen molar-refractivity contribution in [2.24, 2.45) is 0 Å². The van der Waals surface area contributed by atoms with Gasteiger partial charge in [0.25, 0.3) is 0 Å². The van der Waals surface area contributed by atoms with Crippen LogP contribution in [-0.4, -0.2) is 10.1 Å². The molecule has 1 aromatic heterocycles. The fourth-order valence-corrected chi connectivity index (χ4v) is 2.25. The lowest BCUT2D eigenvalue weighted by molar-refractivity contribution is 0.386. The van der Waals surface area contributed by atoms with Gasteiger partial charge in [0, 0.05) is 11.3 Å². The van der Waals surface area contributed by atoms with E-state index in [1.165, 1.54) is 0 Å². The van der Waals surface area contributed by atoms with Gasteiger partial charge in [0.05, 0.1) is 16.5 Å². The third-order valence-electron chi connectivity index (χ3n) is 2.95. The van der Waals surface area contributed by atoms with Gasteiger partial charge in [-0.2, -0.15) is 4.98 Å². The lowest BCUT2D eigenvalue weighted by atomic mass is 10.1. The van der Waals surface area contributed by atoms with E-state index in [4.69, 9.17) is 33.5 Å². The van der Waals surface area contributed by atoms with Crippen molar-refractivity contribution in [3.8, 4) is 11.4 Å². The van der Waals surface area contributed by atoms with Crippen LogP contribution in [0.2, 0.25) is 10.0 Å². The van der Waals surface area contributed by atoms with Gasteiger partial charge in [0.1, 0.15) is 0 Å². The molecular weight excluding hydrogens is 309 g/mol. The number of nitrogen functional groups attached to an aromatic ring is 1. The van der Waals surface area contributed by atoms with Gasteiger partial charge in [-0.15, -0.1) is 0 Å². The van der Waals surface area contributed by atoms with E-state index in [0.717, 1.165) is 11.1 Å². The normalized spacial score (nSPS) is 10.8. The number of hydrogen-bond donors (Lipinski definition) is 1. The molecule has 0 aliphatic carbocycles. The standard InChI is InChI=1S/C15H11Cl2N3O/c16-12-5-4-10(8-13(12)17)15-19-14(21-20-15)7-9-2-1-3-11(18)6-9/h1-6,8H,7,18H2. The molecule has 3 rings (SSSR count). The van der Waals surface area contributed by atoms with Gasteiger partial charge in [-0.1, -0.05) is 40.5 Å². The fourth-order valence-electron chi connectivity index (χ4n) is 1.96. The monoisotopic (exact) mass is 319 g/mol. The van der Waals surface area contributed by atoms with Gasteiger partial charge in [-0.25, -0.2) is 0 Å². The summed E-state index contributed by atoms with van der Waals surface area (Å²) in [7, 11) is 0. The molecule has 0 aliphatic rings. The Labute approximate surface area is 131 Å². The van der Waals surface area contributed by atoms with Crippen molar-refractivity contribution in [2.45, 2.75) is 6.42 Å². The van der Waals surface area contributed by atoms with Gasteiger partial charge in [0.2, 0.25) is 11.7 Å². The van der Waals surface area contributed by atoms with Crippen LogP contribution in [0.1, 0.15) is 11.5 Å². The Morgan fingerprint density at radius 1 is 1.05 bits per heavy atom. The van der Waals surface area contributed by atoms with E-state index in [0.29, 0.717) is 33.9 Å². The highest BCUT2D eigenvalue weighted by molar-refractivity contribution is 6.42. The summed E-state index contributed by atoms with van der Waals surface area (Å²) in [6.07, 6.45) is 0.527. The van der Waals surface area contributed by atoms with Crippen molar-refractivity contribution in [2.75, 3.05) is 5.73 Å². The molecular formula is C15H11Cl2N3O. The molecule has 4 nitrogen and oxygen atoms in total. The molecule has 0 amide bonds. The van der Waals surface area contributed by atoms with Crippen LogP contribution in [0.25, 0.3) is 11.4 Å². The van der Waals surface area contributed by atoms with Crippen LogP contribution in [0.5, 0.6) is 0 Å². The SMILES string of the molecule is Nc1cccc(Cc2nc(-c3ccc(Cl)c(Cl)c3)no2)c1. The molecule has 1 heterocycles. The van der Waals surface area contributed by atoms with Crippen LogP contribution in [0.4, 0.5) is 5.69 Å². The summed E-state index contributed by atoms with van der Waals surface area (Å²) in [6, 6.07) is 12.8. The number of hydrogen-bond acceptors (Lipinski definition) is 4. The van der Waals surface area contributed by atoms with Crippen molar-refractivity contribution in [3.05, 3.63) is 64.0 Å². The summed E-state index contributed by atoms with van der Waals surface area (Å²) in [5.41, 5.74) is 8.22. The van der Waals surface area contributed by atoms with Crippen molar-refractivity contribution in [1.29, 1.82) is 0 Å². The molecule has 0 bridgehead atoms. The molecule has 0 unspecified atom stereocenters. The van der Waals surface area contributed by atoms with E-state index in [2.05, 4.69) is 10.1 Å². The summed E-state index contributed by atoms with van der Waals surface area (Å²) >= 11 is 11.9. The Morgan fingerprint density at radius 2 is 1.90 bits per heavy atom. The first kappa shape index (κ1) is 13.9. The van der Waals surface area contributed by atoms with E-state index in [-0.39, 0.29) is 0 Å². The zero-order valence-electron chi connectivity index (χ0n) is 10.9. The lowest BCUT2D eigenvalue weighted by Gasteiger charge is -1.98. The first-order chi connectivity index (χ1) is 10.1. The van der Waals surface area contributed by atoms with Gasteiger partial charge in [0.15, 0.2) is 0 Å². The zero-order valence-corrected chi connectivity index (χ0v) is 12.4. The molecule has 0 fully saturated rings. The zero-order chi connectivity index (χ0) is 14.8. The first-order valence-corrected chi connectivity index (χ1v) is 7.00. The second-order valence-corrected chi connectivity index (χ2v) is 5.38. The van der Waals surface area contributed by atoms with Crippen LogP contribution in [0.3, 0.4) is 0 Å². The second-order valence-electron chi connectivity index (χ2n) is 4.56. The molecule has 0 atom stereocenters. The third kappa shape index (κ3) is 3.17. The van der Waals surface area contributed by atoms with E-state index in [1.807, 2.05) is 24.3 Å². The molecule has 2 aromatic carbocycles. The highest BCUT2D eigenvalue weighted by Crippen LogP contribution is 2.27. The predicted molar refractivity (Wildman–Crippen MR) is 83.4 cm³/mol. The Hall–Kier alpha value is -2.04. The first-order valence-electron chi connectivity index (χ1n) is 6.24. The number of anilines is 1. The summed E-state index contributed by atoms with van der Waals surface area (Å²) in [5.74, 6) is 0.995. The van der Waals surface area contributed by atoms with Crippen molar-refractivity contribution in [3.63, 3.8) is 0 Å². The molecule has 0 spiro atoms. The average molecular weight is 320 g/mol. The topological polar surface area (TPSA) is 64.9 Å². The molecule has 106 valence electrons. The van der Waals surface area contributed by atoms with Crippen molar-refractivity contribution >= 4 is 28.9 Å². The highest BCUT2D eigenvalue weighted by Gasteiger charge is 2.10. The molecule has 0 saturated carbocycles. The van der Waals surface area contributed by atoms with Gasteiger partial charge in [-0.3, -0.25) is 0 Å². The molecule has 0 radical (unpaired) electrons. The predicted octanol–water partition coefficient (Wildman–Crippen LogP) is 4.22. The van der Waals surface area contributed by atoms with E-state index >= 15 is 0 Å². The average Bonchev–Trinajstić information content (AvgIpc) is 2.90. The number of benzene rings is 2. The van der Waals surface area contributed by atoms with Gasteiger partial charge < -0.3 is 10.3 Å². The second kappa shape index (κ2) is 5.76. The minimum Gasteiger partial charge on any atom is -0.399 e. The van der Waals surface area contributed by atoms with E-state index in [9.17, 15) is 0 Å². The summed E-state index contributed by atoms with van der Waals surface area (Å²) in [4.78, 5) is 4.36. The molecule has 0 aliphatic heterocycles. The van der Waals surface area contributed by atoms with Crippen LogP contribution < -0.4 is 5.73 Å². The minimum atomic E-state index is 0.455. The minimum absolute atomic E-state index is 0.455. The maximum atomic E-state index is 5.99. The molecule has 21 heavy (non-hydrogen) atoms. The molecule has 2 N–H and O–H groups in total. The van der Waals surface area contributed by atoms with Crippen LogP contribution in [-0.2, 0) is 6.42 Å². The Morgan fingerprint density at radius 3 is 2.67 bits per heavy atom. The third-order valence-corrected chi connectivity index (χ3v) is 3.69. The number of halogens is 2.